The van der Waals surface area contributed by atoms with Gasteiger partial charge in [0.2, 0.25) is 11.8 Å². The standard InChI is InChI=1S/C14H15ClN2O4/c1-16(8-12(18)19)13(20)11-6-7-17(14(11)21)10-4-2-9(15)3-5-10/h2-5,11H,6-8H2,1H3,(H,18,19)/t11-/m0/s1. The minimum absolute atomic E-state index is 0.306. The van der Waals surface area contributed by atoms with Crippen molar-refractivity contribution in [2.75, 3.05) is 25.0 Å². The fourth-order valence-electron chi connectivity index (χ4n) is 2.33. The van der Waals surface area contributed by atoms with E-state index in [4.69, 9.17) is 16.7 Å². The monoisotopic (exact) mass is 310 g/mol. The summed E-state index contributed by atoms with van der Waals surface area (Å²) in [7, 11) is 1.38. The first kappa shape index (κ1) is 15.3. The molecule has 0 aromatic heterocycles. The van der Waals surface area contributed by atoms with Gasteiger partial charge in [-0.05, 0) is 30.7 Å². The predicted octanol–water partition coefficient (Wildman–Crippen LogP) is 1.24. The highest BCUT2D eigenvalue weighted by atomic mass is 35.5. The molecule has 21 heavy (non-hydrogen) atoms. The van der Waals surface area contributed by atoms with E-state index < -0.39 is 24.3 Å². The highest BCUT2D eigenvalue weighted by molar-refractivity contribution is 6.30. The molecule has 1 heterocycles. The van der Waals surface area contributed by atoms with E-state index in [9.17, 15) is 14.4 Å². The fourth-order valence-corrected chi connectivity index (χ4v) is 2.46. The van der Waals surface area contributed by atoms with Crippen molar-refractivity contribution in [3.8, 4) is 0 Å². The summed E-state index contributed by atoms with van der Waals surface area (Å²) in [6.07, 6.45) is 0.379. The number of anilines is 1. The van der Waals surface area contributed by atoms with Crippen molar-refractivity contribution in [1.82, 2.24) is 4.90 Å². The zero-order chi connectivity index (χ0) is 15.6. The van der Waals surface area contributed by atoms with Gasteiger partial charge < -0.3 is 14.9 Å². The van der Waals surface area contributed by atoms with E-state index in [1.54, 1.807) is 24.3 Å². The fraction of sp³-hybridized carbons (Fsp3) is 0.357. The van der Waals surface area contributed by atoms with Crippen LogP contribution in [0.2, 0.25) is 5.02 Å². The number of hydrogen-bond acceptors (Lipinski definition) is 3. The smallest absolute Gasteiger partial charge is 0.323 e. The van der Waals surface area contributed by atoms with Crippen LogP contribution in [0.4, 0.5) is 5.69 Å². The third-order valence-electron chi connectivity index (χ3n) is 3.39. The highest BCUT2D eigenvalue weighted by Crippen LogP contribution is 2.27. The first-order chi connectivity index (χ1) is 9.90. The molecule has 1 fully saturated rings. The van der Waals surface area contributed by atoms with Gasteiger partial charge in [0, 0.05) is 24.3 Å². The van der Waals surface area contributed by atoms with Crippen molar-refractivity contribution < 1.29 is 19.5 Å². The van der Waals surface area contributed by atoms with Crippen molar-refractivity contribution in [1.29, 1.82) is 0 Å². The van der Waals surface area contributed by atoms with E-state index >= 15 is 0 Å². The largest absolute Gasteiger partial charge is 0.480 e. The Balaban J connectivity index is 2.09. The molecule has 1 N–H and O–H groups in total. The molecule has 2 amide bonds. The number of hydrogen-bond donors (Lipinski definition) is 1. The number of rotatable bonds is 4. The minimum Gasteiger partial charge on any atom is -0.480 e. The Morgan fingerprint density at radius 3 is 2.57 bits per heavy atom. The number of nitrogens with zero attached hydrogens (tertiary/aromatic N) is 2. The van der Waals surface area contributed by atoms with Crippen molar-refractivity contribution in [2.45, 2.75) is 6.42 Å². The highest BCUT2D eigenvalue weighted by Gasteiger charge is 2.39. The summed E-state index contributed by atoms with van der Waals surface area (Å²) in [4.78, 5) is 37.7. The van der Waals surface area contributed by atoms with E-state index in [-0.39, 0.29) is 5.91 Å². The van der Waals surface area contributed by atoms with Crippen molar-refractivity contribution in [3.05, 3.63) is 29.3 Å². The maximum absolute atomic E-state index is 12.3. The van der Waals surface area contributed by atoms with Crippen LogP contribution in [0, 0.1) is 5.92 Å². The second-order valence-electron chi connectivity index (χ2n) is 4.90. The summed E-state index contributed by atoms with van der Waals surface area (Å²) in [5.41, 5.74) is 0.681. The molecule has 0 bridgehead atoms. The number of carbonyl (C=O) groups is 3. The maximum Gasteiger partial charge on any atom is 0.323 e. The molecular weight excluding hydrogens is 296 g/mol. The number of aliphatic carboxylic acids is 1. The Morgan fingerprint density at radius 1 is 1.38 bits per heavy atom. The lowest BCUT2D eigenvalue weighted by Crippen LogP contribution is -2.40. The molecule has 2 rings (SSSR count). The van der Waals surface area contributed by atoms with Crippen LogP contribution in [0.25, 0.3) is 0 Å². The zero-order valence-corrected chi connectivity index (χ0v) is 12.2. The molecule has 0 radical (unpaired) electrons. The van der Waals surface area contributed by atoms with Crippen LogP contribution in [-0.2, 0) is 14.4 Å². The summed E-state index contributed by atoms with van der Waals surface area (Å²) in [6.45, 7) is 0.0152. The summed E-state index contributed by atoms with van der Waals surface area (Å²) in [6, 6.07) is 6.79. The lowest BCUT2D eigenvalue weighted by molar-refractivity contribution is -0.146. The number of carbonyl (C=O) groups excluding carboxylic acids is 2. The van der Waals surface area contributed by atoms with E-state index in [0.717, 1.165) is 4.90 Å². The van der Waals surface area contributed by atoms with E-state index in [2.05, 4.69) is 0 Å². The number of carboxylic acid groups (broad SMARTS) is 1. The first-order valence-electron chi connectivity index (χ1n) is 6.44. The van der Waals surface area contributed by atoms with Crippen LogP contribution < -0.4 is 4.90 Å². The van der Waals surface area contributed by atoms with Crippen molar-refractivity contribution in [2.24, 2.45) is 5.92 Å². The average Bonchev–Trinajstić information content (AvgIpc) is 2.80. The summed E-state index contributed by atoms with van der Waals surface area (Å²) in [5, 5.41) is 9.26. The third-order valence-corrected chi connectivity index (χ3v) is 3.64. The molecule has 1 aliphatic heterocycles. The number of amides is 2. The molecule has 1 aromatic rings. The van der Waals surface area contributed by atoms with Crippen LogP contribution in [0.3, 0.4) is 0 Å². The van der Waals surface area contributed by atoms with Crippen LogP contribution in [0.15, 0.2) is 24.3 Å². The first-order valence-corrected chi connectivity index (χ1v) is 6.81. The molecule has 1 saturated heterocycles. The third kappa shape index (κ3) is 3.33. The van der Waals surface area contributed by atoms with E-state index in [0.29, 0.717) is 23.7 Å². The molecular formula is C14H15ClN2O4. The van der Waals surface area contributed by atoms with Crippen LogP contribution >= 0.6 is 11.6 Å². The molecule has 1 aliphatic rings. The minimum atomic E-state index is -1.11. The average molecular weight is 311 g/mol. The Kier molecular flexibility index (Phi) is 4.47. The number of halogens is 1. The lowest BCUT2D eigenvalue weighted by Gasteiger charge is -2.19. The Hall–Kier alpha value is -2.08. The Morgan fingerprint density at radius 2 is 2.00 bits per heavy atom. The summed E-state index contributed by atoms with van der Waals surface area (Å²) in [5.74, 6) is -2.69. The van der Waals surface area contributed by atoms with Crippen LogP contribution in [0.5, 0.6) is 0 Å². The molecule has 0 saturated carbocycles. The normalized spacial score (nSPS) is 17.9. The Labute approximate surface area is 126 Å². The van der Waals surface area contributed by atoms with Gasteiger partial charge in [-0.1, -0.05) is 11.6 Å². The van der Waals surface area contributed by atoms with E-state index in [1.165, 1.54) is 11.9 Å². The van der Waals surface area contributed by atoms with Crippen molar-refractivity contribution >= 4 is 35.1 Å². The quantitative estimate of drug-likeness (QED) is 0.849. The zero-order valence-electron chi connectivity index (χ0n) is 11.5. The van der Waals surface area contributed by atoms with Gasteiger partial charge >= 0.3 is 5.97 Å². The number of carboxylic acids is 1. The molecule has 0 aliphatic carbocycles. The number of benzene rings is 1. The second kappa shape index (κ2) is 6.13. The van der Waals surface area contributed by atoms with Gasteiger partial charge in [-0.2, -0.15) is 0 Å². The van der Waals surface area contributed by atoms with Gasteiger partial charge in [0.25, 0.3) is 0 Å². The predicted molar refractivity (Wildman–Crippen MR) is 77.2 cm³/mol. The molecule has 1 aromatic carbocycles. The molecule has 112 valence electrons. The number of likely N-dealkylation sites (N-methyl/N-ethyl adjacent to an activating group) is 1. The molecule has 6 nitrogen and oxygen atoms in total. The molecule has 0 spiro atoms. The Bertz CT molecular complexity index is 573. The van der Waals surface area contributed by atoms with Gasteiger partial charge in [0.1, 0.15) is 12.5 Å². The topological polar surface area (TPSA) is 77.9 Å². The summed E-state index contributed by atoms with van der Waals surface area (Å²) >= 11 is 5.80. The van der Waals surface area contributed by atoms with Gasteiger partial charge in [0.15, 0.2) is 0 Å². The van der Waals surface area contributed by atoms with Gasteiger partial charge in [-0.3, -0.25) is 14.4 Å². The second-order valence-corrected chi connectivity index (χ2v) is 5.33. The lowest BCUT2D eigenvalue weighted by atomic mass is 10.1. The van der Waals surface area contributed by atoms with Crippen molar-refractivity contribution in [3.63, 3.8) is 0 Å². The van der Waals surface area contributed by atoms with Crippen LogP contribution in [0.1, 0.15) is 6.42 Å². The molecule has 1 atom stereocenters. The van der Waals surface area contributed by atoms with Gasteiger partial charge in [-0.15, -0.1) is 0 Å². The van der Waals surface area contributed by atoms with E-state index in [1.807, 2.05) is 0 Å². The maximum atomic E-state index is 12.3. The van der Waals surface area contributed by atoms with Gasteiger partial charge in [-0.25, -0.2) is 0 Å². The SMILES string of the molecule is CN(CC(=O)O)C(=O)[C@@H]1CCN(c2ccc(Cl)cc2)C1=O. The summed E-state index contributed by atoms with van der Waals surface area (Å²) < 4.78 is 0. The van der Waals surface area contributed by atoms with Crippen LogP contribution in [-0.4, -0.2) is 47.9 Å². The molecule has 7 heteroatoms. The van der Waals surface area contributed by atoms with Gasteiger partial charge in [0.05, 0.1) is 0 Å². The molecule has 0 unspecified atom stereocenters.